The van der Waals surface area contributed by atoms with Gasteiger partial charge in [-0.3, -0.25) is 4.79 Å². The van der Waals surface area contributed by atoms with Crippen LogP contribution in [0.15, 0.2) is 6.07 Å². The van der Waals surface area contributed by atoms with Gasteiger partial charge in [-0.05, 0) is 19.8 Å². The summed E-state index contributed by atoms with van der Waals surface area (Å²) >= 11 is 1.50. The van der Waals surface area contributed by atoms with Crippen LogP contribution in [0.4, 0.5) is 10.9 Å². The Hall–Kier alpha value is -2.13. The molecule has 0 radical (unpaired) electrons. The predicted octanol–water partition coefficient (Wildman–Crippen LogP) is 1.25. The van der Waals surface area contributed by atoms with Gasteiger partial charge in [0, 0.05) is 30.8 Å². The van der Waals surface area contributed by atoms with Gasteiger partial charge >= 0.3 is 0 Å². The highest BCUT2D eigenvalue weighted by molar-refractivity contribution is 7.15. The molecule has 2 aromatic heterocycles. The number of aliphatic hydroxyl groups is 1. The minimum atomic E-state index is -0.453. The van der Waals surface area contributed by atoms with Crippen LogP contribution in [-0.4, -0.2) is 55.8 Å². The molecule has 0 bridgehead atoms. The number of hydrogen-bond donors (Lipinski definition) is 2. The molecule has 0 saturated carbocycles. The molecule has 1 atom stereocenters. The van der Waals surface area contributed by atoms with Crippen LogP contribution >= 0.6 is 11.3 Å². The fourth-order valence-corrected chi connectivity index (χ4v) is 3.38. The second-order valence-corrected chi connectivity index (χ2v) is 6.78. The van der Waals surface area contributed by atoms with Crippen molar-refractivity contribution in [3.63, 3.8) is 0 Å². The van der Waals surface area contributed by atoms with E-state index >= 15 is 0 Å². The molecule has 8 nitrogen and oxygen atoms in total. The molecule has 1 saturated heterocycles. The minimum absolute atomic E-state index is 0.0848. The smallest absolute Gasteiger partial charge is 0.248 e. The molecule has 9 heteroatoms. The van der Waals surface area contributed by atoms with Gasteiger partial charge < -0.3 is 15.3 Å². The van der Waals surface area contributed by atoms with E-state index in [0.29, 0.717) is 29.9 Å². The Morgan fingerprint density at radius 3 is 3.00 bits per heavy atom. The van der Waals surface area contributed by atoms with E-state index in [4.69, 9.17) is 5.11 Å². The summed E-state index contributed by atoms with van der Waals surface area (Å²) < 4.78 is 0. The number of nitrogens with one attached hydrogen (secondary N) is 1. The molecule has 3 heterocycles. The summed E-state index contributed by atoms with van der Waals surface area (Å²) in [5, 5.41) is 22.0. The molecule has 3 rings (SSSR count). The topological polar surface area (TPSA) is 104 Å². The van der Waals surface area contributed by atoms with Gasteiger partial charge in [-0.25, -0.2) is 9.97 Å². The lowest BCUT2D eigenvalue weighted by Crippen LogP contribution is -2.30. The zero-order valence-corrected chi connectivity index (χ0v) is 14.5. The van der Waals surface area contributed by atoms with Crippen LogP contribution in [0.25, 0.3) is 0 Å². The summed E-state index contributed by atoms with van der Waals surface area (Å²) in [5.74, 6) is 1.24. The third-order valence-corrected chi connectivity index (χ3v) is 4.90. The van der Waals surface area contributed by atoms with Crippen molar-refractivity contribution in [2.45, 2.75) is 32.6 Å². The monoisotopic (exact) mass is 348 g/mol. The van der Waals surface area contributed by atoms with Crippen LogP contribution in [0.5, 0.6) is 0 Å². The Labute approximate surface area is 144 Å². The maximum Gasteiger partial charge on any atom is 0.248 e. The zero-order valence-electron chi connectivity index (χ0n) is 13.7. The summed E-state index contributed by atoms with van der Waals surface area (Å²) in [4.78, 5) is 22.4. The van der Waals surface area contributed by atoms with Crippen molar-refractivity contribution in [1.82, 2.24) is 25.1 Å². The number of carbonyl (C=O) groups excluding carboxylic acids is 1. The number of amides is 1. The second-order valence-electron chi connectivity index (χ2n) is 5.72. The standard InChI is InChI=1S/C15H20N6O2S/c1-3-12-19-20-15(24-12)18-11-6-9(2)16-14(17-11)10-4-5-21(7-10)13(23)8-22/h6,10,22H,3-5,7-8H2,1-2H3,(H,16,17,18,20)/t10-/m1/s1. The van der Waals surface area contributed by atoms with E-state index in [-0.39, 0.29) is 11.8 Å². The molecule has 1 fully saturated rings. The van der Waals surface area contributed by atoms with Gasteiger partial charge in [0.05, 0.1) is 0 Å². The van der Waals surface area contributed by atoms with Gasteiger partial charge in [0.1, 0.15) is 23.3 Å². The van der Waals surface area contributed by atoms with Gasteiger partial charge in [0.25, 0.3) is 0 Å². The van der Waals surface area contributed by atoms with E-state index in [1.807, 2.05) is 19.9 Å². The zero-order chi connectivity index (χ0) is 17.1. The SMILES string of the molecule is CCc1nnc(Nc2cc(C)nc([C@@H]3CCN(C(=O)CO)C3)n2)s1. The fourth-order valence-electron chi connectivity index (χ4n) is 2.69. The molecule has 0 spiro atoms. The maximum absolute atomic E-state index is 11.6. The van der Waals surface area contributed by atoms with Gasteiger partial charge in [-0.1, -0.05) is 18.3 Å². The first kappa shape index (κ1) is 16.7. The van der Waals surface area contributed by atoms with E-state index in [1.165, 1.54) is 11.3 Å². The Balaban J connectivity index is 1.75. The molecule has 0 aromatic carbocycles. The van der Waals surface area contributed by atoms with E-state index in [1.54, 1.807) is 4.90 Å². The van der Waals surface area contributed by atoms with Crippen molar-refractivity contribution >= 4 is 28.2 Å². The Bertz CT molecular complexity index is 735. The number of hydrogen-bond acceptors (Lipinski definition) is 8. The maximum atomic E-state index is 11.6. The van der Waals surface area contributed by atoms with Crippen LogP contribution in [0.3, 0.4) is 0 Å². The van der Waals surface area contributed by atoms with Crippen LogP contribution in [0.1, 0.15) is 35.8 Å². The van der Waals surface area contributed by atoms with E-state index in [9.17, 15) is 4.79 Å². The molecular formula is C15H20N6O2S. The van der Waals surface area contributed by atoms with Crippen molar-refractivity contribution in [1.29, 1.82) is 0 Å². The van der Waals surface area contributed by atoms with Crippen LogP contribution in [0.2, 0.25) is 0 Å². The van der Waals surface area contributed by atoms with Crippen molar-refractivity contribution < 1.29 is 9.90 Å². The van der Waals surface area contributed by atoms with Crippen molar-refractivity contribution in [2.75, 3.05) is 25.0 Å². The fraction of sp³-hybridized carbons (Fsp3) is 0.533. The van der Waals surface area contributed by atoms with E-state index < -0.39 is 6.61 Å². The van der Waals surface area contributed by atoms with Crippen LogP contribution in [-0.2, 0) is 11.2 Å². The first-order chi connectivity index (χ1) is 11.6. The lowest BCUT2D eigenvalue weighted by molar-refractivity contribution is -0.133. The molecule has 0 unspecified atom stereocenters. The number of carbonyl (C=O) groups is 1. The average Bonchev–Trinajstić information content (AvgIpc) is 3.22. The number of rotatable bonds is 5. The number of aliphatic hydroxyl groups excluding tert-OH is 1. The Morgan fingerprint density at radius 2 is 2.29 bits per heavy atom. The van der Waals surface area contributed by atoms with Gasteiger partial charge in [-0.15, -0.1) is 10.2 Å². The molecule has 24 heavy (non-hydrogen) atoms. The highest BCUT2D eigenvalue weighted by Crippen LogP contribution is 2.27. The summed E-state index contributed by atoms with van der Waals surface area (Å²) in [5.41, 5.74) is 0.856. The van der Waals surface area contributed by atoms with Gasteiger partial charge in [0.2, 0.25) is 11.0 Å². The number of aromatic nitrogens is 4. The molecule has 1 aliphatic rings. The van der Waals surface area contributed by atoms with Crippen molar-refractivity contribution in [2.24, 2.45) is 0 Å². The van der Waals surface area contributed by atoms with Crippen LogP contribution < -0.4 is 5.32 Å². The lowest BCUT2D eigenvalue weighted by Gasteiger charge is -2.15. The third kappa shape index (κ3) is 3.68. The van der Waals surface area contributed by atoms with E-state index in [0.717, 1.165) is 23.5 Å². The molecule has 2 N–H and O–H groups in total. The Morgan fingerprint density at radius 1 is 1.46 bits per heavy atom. The first-order valence-electron chi connectivity index (χ1n) is 7.92. The number of anilines is 2. The largest absolute Gasteiger partial charge is 0.387 e. The average molecular weight is 348 g/mol. The molecular weight excluding hydrogens is 328 g/mol. The first-order valence-corrected chi connectivity index (χ1v) is 8.74. The molecule has 1 aliphatic heterocycles. The number of nitrogens with zero attached hydrogens (tertiary/aromatic N) is 5. The minimum Gasteiger partial charge on any atom is -0.387 e. The Kier molecular flexibility index (Phi) is 5.00. The van der Waals surface area contributed by atoms with Gasteiger partial charge in [-0.2, -0.15) is 0 Å². The highest BCUT2D eigenvalue weighted by Gasteiger charge is 2.29. The summed E-state index contributed by atoms with van der Waals surface area (Å²) in [6.45, 7) is 4.67. The van der Waals surface area contributed by atoms with Crippen molar-refractivity contribution in [3.8, 4) is 0 Å². The normalized spacial score (nSPS) is 17.3. The van der Waals surface area contributed by atoms with Crippen LogP contribution in [0, 0.1) is 6.92 Å². The van der Waals surface area contributed by atoms with Crippen molar-refractivity contribution in [3.05, 3.63) is 22.6 Å². The predicted molar refractivity (Wildman–Crippen MR) is 90.4 cm³/mol. The molecule has 0 aliphatic carbocycles. The van der Waals surface area contributed by atoms with E-state index in [2.05, 4.69) is 25.5 Å². The summed E-state index contributed by atoms with van der Waals surface area (Å²) in [7, 11) is 0. The molecule has 1 amide bonds. The highest BCUT2D eigenvalue weighted by atomic mass is 32.1. The summed E-state index contributed by atoms with van der Waals surface area (Å²) in [6.07, 6.45) is 1.65. The van der Waals surface area contributed by atoms with Gasteiger partial charge in [0.15, 0.2) is 0 Å². The molecule has 2 aromatic rings. The molecule has 128 valence electrons. The number of aryl methyl sites for hydroxylation is 2. The quantitative estimate of drug-likeness (QED) is 0.838. The second kappa shape index (κ2) is 7.18. The number of likely N-dealkylation sites (tertiary alicyclic amines) is 1. The third-order valence-electron chi connectivity index (χ3n) is 3.92. The summed E-state index contributed by atoms with van der Waals surface area (Å²) in [6, 6.07) is 1.86. The lowest BCUT2D eigenvalue weighted by atomic mass is 10.1.